The molecule has 0 saturated heterocycles. The first-order valence-corrected chi connectivity index (χ1v) is 6.46. The maximum absolute atomic E-state index is 11.8. The monoisotopic (exact) mass is 299 g/mol. The van der Waals surface area contributed by atoms with Crippen LogP contribution in [-0.4, -0.2) is 16.1 Å². The van der Waals surface area contributed by atoms with Crippen LogP contribution in [0.3, 0.4) is 0 Å². The van der Waals surface area contributed by atoms with Gasteiger partial charge in [0.25, 0.3) is 5.91 Å². The van der Waals surface area contributed by atoms with Crippen LogP contribution in [0.25, 0.3) is 0 Å². The van der Waals surface area contributed by atoms with Crippen molar-refractivity contribution >= 4 is 39.0 Å². The van der Waals surface area contributed by atoms with Crippen molar-refractivity contribution in [2.24, 2.45) is 0 Å². The summed E-state index contributed by atoms with van der Waals surface area (Å²) in [5.41, 5.74) is 1.00. The maximum Gasteiger partial charge on any atom is 0.268 e. The fraction of sp³-hybridized carbons (Fsp3) is 0.200. The Balaban J connectivity index is 2.11. The highest BCUT2D eigenvalue weighted by molar-refractivity contribution is 9.10. The van der Waals surface area contributed by atoms with Gasteiger partial charge in [0, 0.05) is 16.2 Å². The molecule has 0 spiro atoms. The van der Waals surface area contributed by atoms with Gasteiger partial charge in [-0.05, 0) is 33.8 Å². The number of rotatable bonds is 3. The minimum atomic E-state index is -0.143. The van der Waals surface area contributed by atoms with E-state index in [9.17, 15) is 4.79 Å². The van der Waals surface area contributed by atoms with Gasteiger partial charge in [-0.15, -0.1) is 11.3 Å². The topological polar surface area (TPSA) is 57.8 Å². The molecule has 1 amide bonds. The molecule has 4 nitrogen and oxygen atoms in total. The van der Waals surface area contributed by atoms with E-state index in [4.69, 9.17) is 0 Å². The van der Waals surface area contributed by atoms with E-state index in [0.29, 0.717) is 10.7 Å². The smallest absolute Gasteiger partial charge is 0.268 e. The predicted molar refractivity (Wildman–Crippen MR) is 67.9 cm³/mol. The van der Waals surface area contributed by atoms with Gasteiger partial charge < -0.3 is 5.32 Å². The van der Waals surface area contributed by atoms with Crippen LogP contribution in [0.15, 0.2) is 22.0 Å². The van der Waals surface area contributed by atoms with Crippen LogP contribution in [0.4, 0.5) is 5.82 Å². The average molecular weight is 300 g/mol. The van der Waals surface area contributed by atoms with Gasteiger partial charge >= 0.3 is 0 Å². The van der Waals surface area contributed by atoms with Gasteiger partial charge in [0.2, 0.25) is 0 Å². The lowest BCUT2D eigenvalue weighted by Gasteiger charge is -1.98. The Hall–Kier alpha value is -1.14. The number of H-pyrrole nitrogens is 1. The second-order valence-corrected chi connectivity index (χ2v) is 4.95. The van der Waals surface area contributed by atoms with E-state index >= 15 is 0 Å². The lowest BCUT2D eigenvalue weighted by molar-refractivity contribution is 0.102. The number of amides is 1. The fourth-order valence-corrected chi connectivity index (χ4v) is 2.68. The molecule has 0 atom stereocenters. The number of halogens is 1. The SMILES string of the molecule is CCc1cc(NC(=O)c2sccc2Br)n[nH]1. The number of hydrogen-bond acceptors (Lipinski definition) is 3. The molecule has 0 fully saturated rings. The molecule has 0 unspecified atom stereocenters. The van der Waals surface area contributed by atoms with E-state index in [1.165, 1.54) is 11.3 Å². The van der Waals surface area contributed by atoms with E-state index in [2.05, 4.69) is 31.4 Å². The van der Waals surface area contributed by atoms with Crippen LogP contribution in [-0.2, 0) is 6.42 Å². The molecule has 2 heterocycles. The molecule has 2 N–H and O–H groups in total. The van der Waals surface area contributed by atoms with Gasteiger partial charge in [-0.3, -0.25) is 9.89 Å². The van der Waals surface area contributed by atoms with Gasteiger partial charge in [0.15, 0.2) is 5.82 Å². The van der Waals surface area contributed by atoms with Crippen molar-refractivity contribution in [1.29, 1.82) is 0 Å². The van der Waals surface area contributed by atoms with Crippen LogP contribution in [0.1, 0.15) is 22.3 Å². The number of nitrogens with one attached hydrogen (secondary N) is 2. The molecular formula is C10H10BrN3OS. The molecule has 84 valence electrons. The highest BCUT2D eigenvalue weighted by atomic mass is 79.9. The molecule has 2 aromatic heterocycles. The van der Waals surface area contributed by atoms with Gasteiger partial charge in [-0.25, -0.2) is 0 Å². The van der Waals surface area contributed by atoms with Crippen molar-refractivity contribution in [3.8, 4) is 0 Å². The Labute approximate surface area is 105 Å². The van der Waals surface area contributed by atoms with Crippen molar-refractivity contribution in [1.82, 2.24) is 10.2 Å². The Morgan fingerprint density at radius 3 is 3.06 bits per heavy atom. The zero-order valence-electron chi connectivity index (χ0n) is 8.58. The zero-order valence-corrected chi connectivity index (χ0v) is 11.0. The third kappa shape index (κ3) is 2.33. The lowest BCUT2D eigenvalue weighted by Crippen LogP contribution is -2.10. The Bertz CT molecular complexity index is 506. The standard InChI is InChI=1S/C10H10BrN3OS/c1-2-6-5-8(14-13-6)12-10(15)9-7(11)3-4-16-9/h3-5H,2H2,1H3,(H2,12,13,14,15). The van der Waals surface area contributed by atoms with E-state index in [-0.39, 0.29) is 5.91 Å². The number of aromatic nitrogens is 2. The van der Waals surface area contributed by atoms with Crippen LogP contribution in [0.2, 0.25) is 0 Å². The summed E-state index contributed by atoms with van der Waals surface area (Å²) in [4.78, 5) is 12.5. The second kappa shape index (κ2) is 4.80. The molecule has 0 saturated carbocycles. The Morgan fingerprint density at radius 2 is 2.50 bits per heavy atom. The summed E-state index contributed by atoms with van der Waals surface area (Å²) in [6, 6.07) is 3.68. The molecule has 0 aliphatic rings. The summed E-state index contributed by atoms with van der Waals surface area (Å²) < 4.78 is 0.807. The van der Waals surface area contributed by atoms with Gasteiger partial charge in [-0.1, -0.05) is 6.92 Å². The molecule has 0 aromatic carbocycles. The number of aromatic amines is 1. The molecule has 16 heavy (non-hydrogen) atoms. The van der Waals surface area contributed by atoms with Crippen molar-refractivity contribution in [2.45, 2.75) is 13.3 Å². The molecular weight excluding hydrogens is 290 g/mol. The molecule has 2 aromatic rings. The van der Waals surface area contributed by atoms with E-state index < -0.39 is 0 Å². The summed E-state index contributed by atoms with van der Waals surface area (Å²) in [5, 5.41) is 11.4. The Morgan fingerprint density at radius 1 is 1.69 bits per heavy atom. The molecule has 2 rings (SSSR count). The number of thiophene rings is 1. The van der Waals surface area contributed by atoms with Crippen LogP contribution < -0.4 is 5.32 Å². The van der Waals surface area contributed by atoms with E-state index in [0.717, 1.165) is 16.6 Å². The Kier molecular flexibility index (Phi) is 3.40. The lowest BCUT2D eigenvalue weighted by atomic mass is 10.3. The minimum Gasteiger partial charge on any atom is -0.304 e. The van der Waals surface area contributed by atoms with Gasteiger partial charge in [0.1, 0.15) is 4.88 Å². The van der Waals surface area contributed by atoms with Crippen LogP contribution in [0.5, 0.6) is 0 Å². The average Bonchev–Trinajstić information content (AvgIpc) is 2.86. The quantitative estimate of drug-likeness (QED) is 0.915. The number of nitrogens with zero attached hydrogens (tertiary/aromatic N) is 1. The van der Waals surface area contributed by atoms with Crippen molar-refractivity contribution in [3.05, 3.63) is 32.6 Å². The fourth-order valence-electron chi connectivity index (χ4n) is 1.24. The number of anilines is 1. The largest absolute Gasteiger partial charge is 0.304 e. The van der Waals surface area contributed by atoms with Crippen molar-refractivity contribution in [2.75, 3.05) is 5.32 Å². The molecule has 0 aliphatic carbocycles. The first-order chi connectivity index (χ1) is 7.70. The summed E-state index contributed by atoms with van der Waals surface area (Å²) in [7, 11) is 0. The summed E-state index contributed by atoms with van der Waals surface area (Å²) >= 11 is 4.71. The third-order valence-corrected chi connectivity index (χ3v) is 3.91. The maximum atomic E-state index is 11.8. The number of aryl methyl sites for hydroxylation is 1. The summed E-state index contributed by atoms with van der Waals surface area (Å²) in [6.07, 6.45) is 0.867. The number of carbonyl (C=O) groups is 1. The first kappa shape index (κ1) is 11.3. The number of hydrogen-bond donors (Lipinski definition) is 2. The van der Waals surface area contributed by atoms with E-state index in [1.54, 1.807) is 0 Å². The second-order valence-electron chi connectivity index (χ2n) is 3.18. The van der Waals surface area contributed by atoms with Crippen LogP contribution in [0, 0.1) is 0 Å². The van der Waals surface area contributed by atoms with Crippen molar-refractivity contribution in [3.63, 3.8) is 0 Å². The minimum absolute atomic E-state index is 0.143. The number of carbonyl (C=O) groups excluding carboxylic acids is 1. The molecule has 0 radical (unpaired) electrons. The summed E-state index contributed by atoms with van der Waals surface area (Å²) in [5.74, 6) is 0.415. The van der Waals surface area contributed by atoms with Crippen molar-refractivity contribution < 1.29 is 4.79 Å². The molecule has 0 aliphatic heterocycles. The third-order valence-electron chi connectivity index (χ3n) is 2.08. The zero-order chi connectivity index (χ0) is 11.5. The summed E-state index contributed by atoms with van der Waals surface area (Å²) in [6.45, 7) is 2.02. The van der Waals surface area contributed by atoms with Gasteiger partial charge in [-0.2, -0.15) is 5.10 Å². The molecule has 6 heteroatoms. The van der Waals surface area contributed by atoms with Gasteiger partial charge in [0.05, 0.1) is 0 Å². The van der Waals surface area contributed by atoms with E-state index in [1.807, 2.05) is 24.4 Å². The normalized spacial score (nSPS) is 10.4. The highest BCUT2D eigenvalue weighted by Gasteiger charge is 2.12. The highest BCUT2D eigenvalue weighted by Crippen LogP contribution is 2.23. The van der Waals surface area contributed by atoms with Crippen LogP contribution >= 0.6 is 27.3 Å². The predicted octanol–water partition coefficient (Wildman–Crippen LogP) is 3.05. The first-order valence-electron chi connectivity index (χ1n) is 4.79. The molecule has 0 bridgehead atoms.